The van der Waals surface area contributed by atoms with Gasteiger partial charge in [0.15, 0.2) is 0 Å². The Morgan fingerprint density at radius 2 is 2.00 bits per heavy atom. The van der Waals surface area contributed by atoms with Gasteiger partial charge in [-0.25, -0.2) is 4.39 Å². The summed E-state index contributed by atoms with van der Waals surface area (Å²) in [5.41, 5.74) is 1.58. The van der Waals surface area contributed by atoms with E-state index in [1.165, 1.54) is 12.1 Å². The van der Waals surface area contributed by atoms with E-state index in [0.717, 1.165) is 5.56 Å². The van der Waals surface area contributed by atoms with Crippen molar-refractivity contribution in [1.29, 1.82) is 0 Å². The van der Waals surface area contributed by atoms with E-state index in [9.17, 15) is 9.18 Å². The fourth-order valence-corrected chi connectivity index (χ4v) is 2.23. The Hall–Kier alpha value is -3.22. The smallest absolute Gasteiger partial charge is 0.308 e. The molecule has 1 heterocycles. The zero-order valence-corrected chi connectivity index (χ0v) is 13.5. The average molecular weight is 341 g/mol. The van der Waals surface area contributed by atoms with Crippen LogP contribution in [0.1, 0.15) is 16.2 Å². The van der Waals surface area contributed by atoms with E-state index in [1.54, 1.807) is 43.5 Å². The molecular formula is C18H16FN3O3. The highest BCUT2D eigenvalue weighted by Gasteiger charge is 2.15. The number of amides is 1. The fraction of sp³-hybridized carbons (Fsp3) is 0.167. The van der Waals surface area contributed by atoms with Gasteiger partial charge in [-0.05, 0) is 42.3 Å². The first-order chi connectivity index (χ1) is 12.2. The number of nitrogens with one attached hydrogen (secondary N) is 1. The molecular weight excluding hydrogens is 325 g/mol. The summed E-state index contributed by atoms with van der Waals surface area (Å²) in [4.78, 5) is 12.1. The van der Waals surface area contributed by atoms with E-state index in [4.69, 9.17) is 9.15 Å². The molecule has 0 fully saturated rings. The topological polar surface area (TPSA) is 77.2 Å². The Balaban J connectivity index is 1.59. The van der Waals surface area contributed by atoms with Crippen LogP contribution in [0.15, 0.2) is 52.9 Å². The maximum absolute atomic E-state index is 12.8. The highest BCUT2D eigenvalue weighted by molar-refractivity contribution is 5.89. The van der Waals surface area contributed by atoms with Gasteiger partial charge >= 0.3 is 11.8 Å². The third-order valence-corrected chi connectivity index (χ3v) is 3.55. The second-order valence-electron chi connectivity index (χ2n) is 5.28. The van der Waals surface area contributed by atoms with E-state index in [-0.39, 0.29) is 17.6 Å². The van der Waals surface area contributed by atoms with Gasteiger partial charge in [-0.3, -0.25) is 4.79 Å². The molecule has 1 aromatic heterocycles. The molecule has 0 aliphatic rings. The number of methoxy groups -OCH3 is 1. The lowest BCUT2D eigenvalue weighted by Gasteiger charge is -2.03. The largest absolute Gasteiger partial charge is 0.497 e. The van der Waals surface area contributed by atoms with E-state index in [2.05, 4.69) is 15.5 Å². The van der Waals surface area contributed by atoms with Crippen molar-refractivity contribution < 1.29 is 18.3 Å². The number of halogens is 1. The zero-order chi connectivity index (χ0) is 17.6. The molecule has 6 nitrogen and oxygen atoms in total. The highest BCUT2D eigenvalue weighted by atomic mass is 19.1. The van der Waals surface area contributed by atoms with Gasteiger partial charge in [0, 0.05) is 12.1 Å². The molecule has 2 aromatic carbocycles. The number of benzene rings is 2. The van der Waals surface area contributed by atoms with Gasteiger partial charge < -0.3 is 14.5 Å². The van der Waals surface area contributed by atoms with Crippen molar-refractivity contribution in [3.63, 3.8) is 0 Å². The van der Waals surface area contributed by atoms with Crippen molar-refractivity contribution >= 4 is 5.91 Å². The minimum absolute atomic E-state index is 0.114. The summed E-state index contributed by atoms with van der Waals surface area (Å²) in [5, 5.41) is 10.3. The fourth-order valence-electron chi connectivity index (χ4n) is 2.23. The third-order valence-electron chi connectivity index (χ3n) is 3.55. The van der Waals surface area contributed by atoms with Gasteiger partial charge in [0.2, 0.25) is 5.89 Å². The molecule has 0 unspecified atom stereocenters. The minimum Gasteiger partial charge on any atom is -0.497 e. The number of ether oxygens (including phenoxy) is 1. The van der Waals surface area contributed by atoms with Crippen LogP contribution in [0.2, 0.25) is 0 Å². The standard InChI is InChI=1S/C18H16FN3O3/c1-24-15-4-2-3-13(11-15)17-21-22-18(25-17)16(23)20-10-9-12-5-7-14(19)8-6-12/h2-8,11H,9-10H2,1H3,(H,20,23). The molecule has 128 valence electrons. The predicted molar refractivity (Wildman–Crippen MR) is 88.7 cm³/mol. The average Bonchev–Trinajstić information content (AvgIpc) is 3.14. The summed E-state index contributed by atoms with van der Waals surface area (Å²) in [6.07, 6.45) is 0.572. The first-order valence-electron chi connectivity index (χ1n) is 7.66. The number of aromatic nitrogens is 2. The van der Waals surface area contributed by atoms with Crippen LogP contribution in [0.25, 0.3) is 11.5 Å². The normalized spacial score (nSPS) is 10.5. The van der Waals surface area contributed by atoms with Crippen LogP contribution >= 0.6 is 0 Å². The van der Waals surface area contributed by atoms with Crippen LogP contribution in [0, 0.1) is 5.82 Å². The van der Waals surface area contributed by atoms with Crippen molar-refractivity contribution in [3.05, 3.63) is 65.8 Å². The third kappa shape index (κ3) is 4.20. The van der Waals surface area contributed by atoms with Crippen molar-refractivity contribution in [2.45, 2.75) is 6.42 Å². The number of rotatable bonds is 6. The minimum atomic E-state index is -0.455. The maximum atomic E-state index is 12.8. The van der Waals surface area contributed by atoms with Gasteiger partial charge in [-0.1, -0.05) is 18.2 Å². The molecule has 0 radical (unpaired) electrons. The molecule has 3 aromatic rings. The van der Waals surface area contributed by atoms with Gasteiger partial charge in [0.05, 0.1) is 7.11 Å². The molecule has 25 heavy (non-hydrogen) atoms. The van der Waals surface area contributed by atoms with E-state index in [1.807, 2.05) is 0 Å². The molecule has 0 bridgehead atoms. The molecule has 0 aliphatic heterocycles. The molecule has 1 N–H and O–H groups in total. The van der Waals surface area contributed by atoms with Crippen molar-refractivity contribution in [3.8, 4) is 17.2 Å². The Morgan fingerprint density at radius 3 is 2.76 bits per heavy atom. The first-order valence-corrected chi connectivity index (χ1v) is 7.66. The number of nitrogens with zero attached hydrogens (tertiary/aromatic N) is 2. The Kier molecular flexibility index (Phi) is 5.03. The highest BCUT2D eigenvalue weighted by Crippen LogP contribution is 2.22. The quantitative estimate of drug-likeness (QED) is 0.746. The summed E-state index contributed by atoms with van der Waals surface area (Å²) >= 11 is 0. The zero-order valence-electron chi connectivity index (χ0n) is 13.5. The van der Waals surface area contributed by atoms with Crippen LogP contribution in [-0.4, -0.2) is 29.8 Å². The number of carbonyl (C=O) groups is 1. The molecule has 3 rings (SSSR count). The summed E-state index contributed by atoms with van der Waals surface area (Å²) in [6.45, 7) is 0.376. The van der Waals surface area contributed by atoms with Crippen molar-refractivity contribution in [2.75, 3.05) is 13.7 Å². The van der Waals surface area contributed by atoms with Crippen LogP contribution in [0.5, 0.6) is 5.75 Å². The summed E-state index contributed by atoms with van der Waals surface area (Å²) in [5.74, 6) is 0.0352. The monoisotopic (exact) mass is 341 g/mol. The lowest BCUT2D eigenvalue weighted by Crippen LogP contribution is -2.26. The second-order valence-corrected chi connectivity index (χ2v) is 5.28. The Morgan fingerprint density at radius 1 is 1.20 bits per heavy atom. The van der Waals surface area contributed by atoms with Gasteiger partial charge in [-0.15, -0.1) is 10.2 Å². The number of carbonyl (C=O) groups excluding carboxylic acids is 1. The number of hydrogen-bond acceptors (Lipinski definition) is 5. The van der Waals surface area contributed by atoms with Gasteiger partial charge in [0.25, 0.3) is 0 Å². The van der Waals surface area contributed by atoms with Crippen LogP contribution in [0.4, 0.5) is 4.39 Å². The molecule has 0 aliphatic carbocycles. The van der Waals surface area contributed by atoms with Crippen molar-refractivity contribution in [2.24, 2.45) is 0 Å². The predicted octanol–water partition coefficient (Wildman–Crippen LogP) is 2.86. The van der Waals surface area contributed by atoms with E-state index >= 15 is 0 Å². The van der Waals surface area contributed by atoms with E-state index in [0.29, 0.717) is 24.3 Å². The lowest BCUT2D eigenvalue weighted by atomic mass is 10.1. The van der Waals surface area contributed by atoms with Crippen molar-refractivity contribution in [1.82, 2.24) is 15.5 Å². The van der Waals surface area contributed by atoms with Crippen LogP contribution < -0.4 is 10.1 Å². The van der Waals surface area contributed by atoms with Crippen LogP contribution in [-0.2, 0) is 6.42 Å². The summed E-state index contributed by atoms with van der Waals surface area (Å²) in [6, 6.07) is 13.2. The summed E-state index contributed by atoms with van der Waals surface area (Å²) < 4.78 is 23.4. The van der Waals surface area contributed by atoms with Gasteiger partial charge in [0.1, 0.15) is 11.6 Å². The molecule has 7 heteroatoms. The molecule has 1 amide bonds. The molecule has 0 saturated carbocycles. The first kappa shape index (κ1) is 16.6. The van der Waals surface area contributed by atoms with Crippen LogP contribution in [0.3, 0.4) is 0 Å². The maximum Gasteiger partial charge on any atom is 0.308 e. The summed E-state index contributed by atoms with van der Waals surface area (Å²) in [7, 11) is 1.56. The molecule has 0 atom stereocenters. The Bertz CT molecular complexity index is 862. The Labute approximate surface area is 143 Å². The molecule has 0 saturated heterocycles. The lowest BCUT2D eigenvalue weighted by molar-refractivity contribution is 0.0920. The van der Waals surface area contributed by atoms with E-state index < -0.39 is 5.91 Å². The SMILES string of the molecule is COc1cccc(-c2nnc(C(=O)NCCc3ccc(F)cc3)o2)c1. The second kappa shape index (κ2) is 7.57. The molecule has 0 spiro atoms. The van der Waals surface area contributed by atoms with Gasteiger partial charge in [-0.2, -0.15) is 0 Å². The number of hydrogen-bond donors (Lipinski definition) is 1.